The molecule has 3 aromatic rings. The summed E-state index contributed by atoms with van der Waals surface area (Å²) in [6.45, 7) is 4.97. The number of carbonyl (C=O) groups excluding carboxylic acids is 1. The minimum atomic E-state index is -0.211. The maximum atomic E-state index is 12.8. The Morgan fingerprint density at radius 2 is 2.03 bits per heavy atom. The molecule has 2 heterocycles. The van der Waals surface area contributed by atoms with Gasteiger partial charge in [0.15, 0.2) is 0 Å². The Morgan fingerprint density at radius 1 is 1.21 bits per heavy atom. The lowest BCUT2D eigenvalue weighted by atomic mass is 9.86. The topological polar surface area (TPSA) is 56.9 Å². The van der Waals surface area contributed by atoms with E-state index in [2.05, 4.69) is 70.5 Å². The molecule has 1 aliphatic carbocycles. The first kappa shape index (κ1) is 20.2. The van der Waals surface area contributed by atoms with Crippen molar-refractivity contribution in [3.05, 3.63) is 58.4 Å². The van der Waals surface area contributed by atoms with Crippen molar-refractivity contribution in [1.82, 2.24) is 15.6 Å². The summed E-state index contributed by atoms with van der Waals surface area (Å²) in [5.74, 6) is 0.910. The van der Waals surface area contributed by atoms with Gasteiger partial charge in [-0.15, -0.1) is 11.3 Å². The molecule has 5 heteroatoms. The van der Waals surface area contributed by atoms with E-state index in [0.717, 1.165) is 18.5 Å². The molecule has 0 unspecified atom stereocenters. The van der Waals surface area contributed by atoms with E-state index in [1.165, 1.54) is 35.1 Å². The van der Waals surface area contributed by atoms with E-state index in [0.29, 0.717) is 12.0 Å². The highest BCUT2D eigenvalue weighted by atomic mass is 32.1. The fourth-order valence-electron chi connectivity index (χ4n) is 4.46. The van der Waals surface area contributed by atoms with E-state index in [9.17, 15) is 4.79 Å². The molecule has 0 saturated heterocycles. The predicted molar refractivity (Wildman–Crippen MR) is 121 cm³/mol. The highest BCUT2D eigenvalue weighted by molar-refractivity contribution is 7.10. The molecule has 2 aromatic heterocycles. The molecule has 154 valence electrons. The van der Waals surface area contributed by atoms with Crippen molar-refractivity contribution in [2.75, 3.05) is 6.54 Å². The Labute approximate surface area is 177 Å². The number of nitrogens with one attached hydrogen (secondary N) is 3. The molecule has 0 aliphatic heterocycles. The Hall–Kier alpha value is -2.11. The molecule has 1 aromatic carbocycles. The van der Waals surface area contributed by atoms with E-state index >= 15 is 0 Å². The molecule has 1 fully saturated rings. The number of amides is 1. The van der Waals surface area contributed by atoms with Gasteiger partial charge >= 0.3 is 0 Å². The molecule has 1 amide bonds. The molecule has 1 aliphatic rings. The predicted octanol–water partition coefficient (Wildman–Crippen LogP) is 5.03. The van der Waals surface area contributed by atoms with E-state index in [-0.39, 0.29) is 17.9 Å². The van der Waals surface area contributed by atoms with Crippen LogP contribution in [0.1, 0.15) is 55.9 Å². The molecule has 0 spiro atoms. The van der Waals surface area contributed by atoms with Crippen molar-refractivity contribution < 1.29 is 4.79 Å². The first-order valence-corrected chi connectivity index (χ1v) is 11.6. The maximum Gasteiger partial charge on any atom is 0.237 e. The molecular formula is C24H31N3OS. The van der Waals surface area contributed by atoms with Crippen LogP contribution in [0.15, 0.2) is 48.0 Å². The molecular weight excluding hydrogens is 378 g/mol. The number of H-pyrrole nitrogens is 1. The lowest BCUT2D eigenvalue weighted by molar-refractivity contribution is -0.124. The summed E-state index contributed by atoms with van der Waals surface area (Å²) in [5, 5.41) is 10.2. The van der Waals surface area contributed by atoms with Crippen LogP contribution in [-0.2, 0) is 4.79 Å². The minimum absolute atomic E-state index is 0.118. The van der Waals surface area contributed by atoms with Crippen molar-refractivity contribution in [2.45, 2.75) is 57.5 Å². The second-order valence-corrected chi connectivity index (χ2v) is 9.34. The molecule has 29 heavy (non-hydrogen) atoms. The fourth-order valence-corrected chi connectivity index (χ4v) is 5.31. The molecule has 1 saturated carbocycles. The number of rotatable bonds is 7. The number of fused-ring (bicyclic) bond motifs is 1. The van der Waals surface area contributed by atoms with Crippen LogP contribution >= 0.6 is 11.3 Å². The Kier molecular flexibility index (Phi) is 6.36. The van der Waals surface area contributed by atoms with Gasteiger partial charge in [0.25, 0.3) is 0 Å². The summed E-state index contributed by atoms with van der Waals surface area (Å²) in [5.41, 5.74) is 2.44. The monoisotopic (exact) mass is 409 g/mol. The van der Waals surface area contributed by atoms with Gasteiger partial charge in [-0.1, -0.05) is 44.0 Å². The minimum Gasteiger partial charge on any atom is -0.361 e. The summed E-state index contributed by atoms with van der Waals surface area (Å²) < 4.78 is 0. The summed E-state index contributed by atoms with van der Waals surface area (Å²) in [6.07, 6.45) is 6.94. The standard InChI is InChI=1S/C24H31N3OS/c1-16-8-3-5-10-21(16)27-24(28)17(2)25-15-20(23-12-7-13-29-23)19-14-26-22-11-6-4-9-18(19)22/h4,6-7,9,11-14,16-17,20-21,25-26H,3,5,8,10,15H2,1-2H3,(H,27,28)/t16-,17-,20-,21+/m1/s1. The van der Waals surface area contributed by atoms with Gasteiger partial charge in [-0.3, -0.25) is 4.79 Å². The van der Waals surface area contributed by atoms with Crippen LogP contribution in [0.3, 0.4) is 0 Å². The van der Waals surface area contributed by atoms with Gasteiger partial charge in [-0.25, -0.2) is 0 Å². The molecule has 0 bridgehead atoms. The Balaban J connectivity index is 1.45. The number of carbonyl (C=O) groups is 1. The van der Waals surface area contributed by atoms with Crippen molar-refractivity contribution in [1.29, 1.82) is 0 Å². The SMILES string of the molecule is C[C@@H]1CCCC[C@@H]1NC(=O)[C@@H](C)NC[C@@H](c1cccs1)c1c[nH]c2ccccc12. The van der Waals surface area contributed by atoms with E-state index in [1.807, 2.05) is 6.92 Å². The number of aromatic amines is 1. The highest BCUT2D eigenvalue weighted by Crippen LogP contribution is 2.33. The van der Waals surface area contributed by atoms with Gasteiger partial charge in [-0.2, -0.15) is 0 Å². The molecule has 4 atom stereocenters. The van der Waals surface area contributed by atoms with Crippen molar-refractivity contribution in [2.24, 2.45) is 5.92 Å². The fraction of sp³-hybridized carbons (Fsp3) is 0.458. The third-order valence-corrected chi connectivity index (χ3v) is 7.33. The van der Waals surface area contributed by atoms with Crippen molar-refractivity contribution in [3.63, 3.8) is 0 Å². The summed E-state index contributed by atoms with van der Waals surface area (Å²) in [4.78, 5) is 17.5. The zero-order chi connectivity index (χ0) is 20.2. The number of thiophene rings is 1. The van der Waals surface area contributed by atoms with Gasteiger partial charge < -0.3 is 15.6 Å². The van der Waals surface area contributed by atoms with Crippen LogP contribution in [0.2, 0.25) is 0 Å². The van der Waals surface area contributed by atoms with Gasteiger partial charge in [0, 0.05) is 40.5 Å². The second kappa shape index (κ2) is 9.14. The average molecular weight is 410 g/mol. The average Bonchev–Trinajstić information content (AvgIpc) is 3.40. The van der Waals surface area contributed by atoms with Crippen molar-refractivity contribution >= 4 is 28.1 Å². The molecule has 4 rings (SSSR count). The number of benzene rings is 1. The molecule has 4 nitrogen and oxygen atoms in total. The molecule has 3 N–H and O–H groups in total. The highest BCUT2D eigenvalue weighted by Gasteiger charge is 2.26. The van der Waals surface area contributed by atoms with Gasteiger partial charge in [0.1, 0.15) is 0 Å². The second-order valence-electron chi connectivity index (χ2n) is 8.36. The third kappa shape index (κ3) is 4.57. The van der Waals surface area contributed by atoms with Crippen molar-refractivity contribution in [3.8, 4) is 0 Å². The number of hydrogen-bond donors (Lipinski definition) is 3. The summed E-state index contributed by atoms with van der Waals surface area (Å²) >= 11 is 1.77. The Bertz CT molecular complexity index is 933. The zero-order valence-electron chi connectivity index (χ0n) is 17.3. The number of hydrogen-bond acceptors (Lipinski definition) is 3. The molecule has 0 radical (unpaired) electrons. The lowest BCUT2D eigenvalue weighted by Crippen LogP contribution is -2.49. The van der Waals surface area contributed by atoms with E-state index in [1.54, 1.807) is 11.3 Å². The van der Waals surface area contributed by atoms with Gasteiger partial charge in [0.05, 0.1) is 6.04 Å². The van der Waals surface area contributed by atoms with E-state index < -0.39 is 0 Å². The van der Waals surface area contributed by atoms with Crippen LogP contribution in [0.4, 0.5) is 0 Å². The van der Waals surface area contributed by atoms with Crippen LogP contribution < -0.4 is 10.6 Å². The van der Waals surface area contributed by atoms with E-state index in [4.69, 9.17) is 0 Å². The zero-order valence-corrected chi connectivity index (χ0v) is 18.1. The van der Waals surface area contributed by atoms with Crippen LogP contribution in [0.25, 0.3) is 10.9 Å². The smallest absolute Gasteiger partial charge is 0.237 e. The first-order valence-electron chi connectivity index (χ1n) is 10.8. The first-order chi connectivity index (χ1) is 14.1. The summed E-state index contributed by atoms with van der Waals surface area (Å²) in [7, 11) is 0. The third-order valence-electron chi connectivity index (χ3n) is 6.34. The van der Waals surface area contributed by atoms with Crippen LogP contribution in [-0.4, -0.2) is 29.5 Å². The van der Waals surface area contributed by atoms with Crippen LogP contribution in [0, 0.1) is 5.92 Å². The number of aromatic nitrogens is 1. The number of para-hydroxylation sites is 1. The quantitative estimate of drug-likeness (QED) is 0.512. The van der Waals surface area contributed by atoms with Crippen LogP contribution in [0.5, 0.6) is 0 Å². The Morgan fingerprint density at radius 3 is 2.83 bits per heavy atom. The lowest BCUT2D eigenvalue weighted by Gasteiger charge is -2.30. The van der Waals surface area contributed by atoms with Gasteiger partial charge in [-0.05, 0) is 48.8 Å². The van der Waals surface area contributed by atoms with Gasteiger partial charge in [0.2, 0.25) is 5.91 Å². The summed E-state index contributed by atoms with van der Waals surface area (Å²) in [6, 6.07) is 12.8. The normalized spacial score (nSPS) is 21.7. The maximum absolute atomic E-state index is 12.8. The largest absolute Gasteiger partial charge is 0.361 e.